The summed E-state index contributed by atoms with van der Waals surface area (Å²) in [7, 11) is 0. The molecule has 0 radical (unpaired) electrons. The Kier molecular flexibility index (Phi) is 4.71. The predicted molar refractivity (Wildman–Crippen MR) is 69.9 cm³/mol. The van der Waals surface area contributed by atoms with Gasteiger partial charge in [0, 0.05) is 12.8 Å². The van der Waals surface area contributed by atoms with Crippen molar-refractivity contribution in [3.63, 3.8) is 0 Å². The van der Waals surface area contributed by atoms with Crippen molar-refractivity contribution in [2.24, 2.45) is 0 Å². The fraction of sp³-hybridized carbons (Fsp3) is 0.667. The number of nitrogens with two attached hydrogens (primary N) is 1. The highest BCUT2D eigenvalue weighted by Gasteiger charge is 2.45. The number of hydrogen-bond acceptors (Lipinski definition) is 7. The molecule has 0 aliphatic carbocycles. The van der Waals surface area contributed by atoms with Gasteiger partial charge in [0.15, 0.2) is 6.23 Å². The first-order valence-electron chi connectivity index (χ1n) is 6.49. The second kappa shape index (κ2) is 6.31. The van der Waals surface area contributed by atoms with Crippen LogP contribution in [0.1, 0.15) is 19.6 Å². The molecule has 2 rings (SSSR count). The van der Waals surface area contributed by atoms with Crippen molar-refractivity contribution in [1.29, 1.82) is 0 Å². The van der Waals surface area contributed by atoms with Crippen molar-refractivity contribution in [2.75, 3.05) is 18.9 Å². The number of aliphatic hydroxyl groups excluding tert-OH is 2. The van der Waals surface area contributed by atoms with Crippen LogP contribution in [0.25, 0.3) is 0 Å². The monoisotopic (exact) mass is 285 g/mol. The second-order valence-electron chi connectivity index (χ2n) is 4.62. The van der Waals surface area contributed by atoms with Gasteiger partial charge >= 0.3 is 5.69 Å². The summed E-state index contributed by atoms with van der Waals surface area (Å²) in [6.45, 7) is 1.98. The fourth-order valence-electron chi connectivity index (χ4n) is 2.15. The highest BCUT2D eigenvalue weighted by atomic mass is 16.6. The van der Waals surface area contributed by atoms with Crippen molar-refractivity contribution in [2.45, 2.75) is 37.9 Å². The third-order valence-electron chi connectivity index (χ3n) is 3.13. The number of ether oxygens (including phenoxy) is 2. The van der Waals surface area contributed by atoms with Gasteiger partial charge in [0.05, 0.1) is 6.61 Å². The van der Waals surface area contributed by atoms with Crippen LogP contribution in [-0.4, -0.2) is 51.3 Å². The van der Waals surface area contributed by atoms with Crippen LogP contribution in [0.5, 0.6) is 0 Å². The van der Waals surface area contributed by atoms with Gasteiger partial charge in [-0.25, -0.2) is 4.79 Å². The lowest BCUT2D eigenvalue weighted by Gasteiger charge is -2.21. The Hall–Kier alpha value is -1.48. The van der Waals surface area contributed by atoms with Crippen LogP contribution in [0, 0.1) is 0 Å². The van der Waals surface area contributed by atoms with E-state index in [1.807, 2.05) is 6.92 Å². The zero-order chi connectivity index (χ0) is 14.7. The molecular weight excluding hydrogens is 266 g/mol. The van der Waals surface area contributed by atoms with Crippen LogP contribution in [0.3, 0.4) is 0 Å². The molecule has 4 N–H and O–H groups in total. The Morgan fingerprint density at radius 2 is 2.35 bits per heavy atom. The van der Waals surface area contributed by atoms with E-state index in [4.69, 9.17) is 15.2 Å². The average molecular weight is 285 g/mol. The summed E-state index contributed by atoms with van der Waals surface area (Å²) in [5.74, 6) is 0.106. The van der Waals surface area contributed by atoms with Gasteiger partial charge in [-0.2, -0.15) is 4.98 Å². The Morgan fingerprint density at radius 1 is 1.60 bits per heavy atom. The Bertz CT molecular complexity index is 506. The molecule has 0 bridgehead atoms. The maximum atomic E-state index is 11.8. The number of nitrogens with zero attached hydrogens (tertiary/aromatic N) is 2. The van der Waals surface area contributed by atoms with E-state index in [1.54, 1.807) is 0 Å². The summed E-state index contributed by atoms with van der Waals surface area (Å²) < 4.78 is 12.2. The highest BCUT2D eigenvalue weighted by molar-refractivity contribution is 5.23. The van der Waals surface area contributed by atoms with Crippen LogP contribution < -0.4 is 11.4 Å². The molecule has 4 atom stereocenters. The van der Waals surface area contributed by atoms with Gasteiger partial charge in [-0.15, -0.1) is 0 Å². The molecule has 1 aliphatic heterocycles. The van der Waals surface area contributed by atoms with Crippen molar-refractivity contribution in [1.82, 2.24) is 9.55 Å². The number of anilines is 1. The lowest BCUT2D eigenvalue weighted by molar-refractivity contribution is -0.0741. The number of aliphatic hydroxyl groups is 2. The maximum absolute atomic E-state index is 11.8. The third-order valence-corrected chi connectivity index (χ3v) is 3.13. The molecule has 2 heterocycles. The molecule has 0 unspecified atom stereocenters. The quantitative estimate of drug-likeness (QED) is 0.626. The van der Waals surface area contributed by atoms with Crippen molar-refractivity contribution in [3.05, 3.63) is 22.7 Å². The molecule has 1 aromatic rings. The Balaban J connectivity index is 2.29. The first-order chi connectivity index (χ1) is 9.58. The molecule has 1 aliphatic rings. The normalized spacial score (nSPS) is 29.8. The van der Waals surface area contributed by atoms with E-state index in [9.17, 15) is 15.0 Å². The van der Waals surface area contributed by atoms with Crippen LogP contribution in [0.2, 0.25) is 0 Å². The maximum Gasteiger partial charge on any atom is 0.351 e. The van der Waals surface area contributed by atoms with Crippen LogP contribution in [-0.2, 0) is 9.47 Å². The van der Waals surface area contributed by atoms with Gasteiger partial charge < -0.3 is 25.4 Å². The summed E-state index contributed by atoms with van der Waals surface area (Å²) in [6, 6.07) is 1.46. The van der Waals surface area contributed by atoms with Gasteiger partial charge in [-0.3, -0.25) is 4.57 Å². The first-order valence-corrected chi connectivity index (χ1v) is 6.49. The Labute approximate surface area is 115 Å². The van der Waals surface area contributed by atoms with Crippen LogP contribution in [0.15, 0.2) is 17.1 Å². The Morgan fingerprint density at radius 3 is 2.95 bits per heavy atom. The van der Waals surface area contributed by atoms with Gasteiger partial charge in [0.25, 0.3) is 0 Å². The summed E-state index contributed by atoms with van der Waals surface area (Å²) in [5, 5.41) is 19.3. The van der Waals surface area contributed by atoms with Gasteiger partial charge in [-0.05, 0) is 12.5 Å². The largest absolute Gasteiger partial charge is 0.394 e. The SMILES string of the molecule is CCCO[C@@H]1[C@H](O)[C@@H](CO)O[C@H]1n1ccc(N)nc1=O. The number of hydrogen-bond donors (Lipinski definition) is 3. The summed E-state index contributed by atoms with van der Waals surface area (Å²) >= 11 is 0. The van der Waals surface area contributed by atoms with E-state index < -0.39 is 30.2 Å². The lowest BCUT2D eigenvalue weighted by atomic mass is 10.1. The van der Waals surface area contributed by atoms with Crippen molar-refractivity contribution < 1.29 is 19.7 Å². The molecular formula is C12H19N3O5. The van der Waals surface area contributed by atoms with E-state index in [0.717, 1.165) is 6.42 Å². The van der Waals surface area contributed by atoms with E-state index in [0.29, 0.717) is 6.61 Å². The minimum Gasteiger partial charge on any atom is -0.394 e. The smallest absolute Gasteiger partial charge is 0.351 e. The third kappa shape index (κ3) is 2.83. The molecule has 1 fully saturated rings. The minimum absolute atomic E-state index is 0.106. The van der Waals surface area contributed by atoms with Crippen molar-refractivity contribution in [3.8, 4) is 0 Å². The minimum atomic E-state index is -1.01. The van der Waals surface area contributed by atoms with E-state index in [-0.39, 0.29) is 12.4 Å². The number of rotatable bonds is 5. The lowest BCUT2D eigenvalue weighted by Crippen LogP contribution is -2.38. The van der Waals surface area contributed by atoms with E-state index in [1.165, 1.54) is 16.8 Å². The molecule has 0 spiro atoms. The van der Waals surface area contributed by atoms with Gasteiger partial charge in [-0.1, -0.05) is 6.92 Å². The van der Waals surface area contributed by atoms with Crippen LogP contribution >= 0.6 is 0 Å². The summed E-state index contributed by atoms with van der Waals surface area (Å²) in [6.07, 6.45) is -1.20. The average Bonchev–Trinajstić information content (AvgIpc) is 2.73. The van der Waals surface area contributed by atoms with E-state index in [2.05, 4.69) is 4.98 Å². The molecule has 20 heavy (non-hydrogen) atoms. The zero-order valence-corrected chi connectivity index (χ0v) is 11.2. The number of aromatic nitrogens is 2. The molecule has 0 amide bonds. The van der Waals surface area contributed by atoms with Crippen LogP contribution in [0.4, 0.5) is 5.82 Å². The van der Waals surface area contributed by atoms with E-state index >= 15 is 0 Å². The predicted octanol–water partition coefficient (Wildman–Crippen LogP) is -1.13. The second-order valence-corrected chi connectivity index (χ2v) is 4.62. The molecule has 0 saturated carbocycles. The molecule has 8 nitrogen and oxygen atoms in total. The molecule has 1 saturated heterocycles. The summed E-state index contributed by atoms with van der Waals surface area (Å²) in [4.78, 5) is 15.5. The van der Waals surface area contributed by atoms with Gasteiger partial charge in [0.1, 0.15) is 24.1 Å². The van der Waals surface area contributed by atoms with Gasteiger partial charge in [0.2, 0.25) is 0 Å². The fourth-order valence-corrected chi connectivity index (χ4v) is 2.15. The summed E-state index contributed by atoms with van der Waals surface area (Å²) in [5.41, 5.74) is 4.84. The molecule has 8 heteroatoms. The standard InChI is InChI=1S/C12H19N3O5/c1-2-5-19-10-9(17)7(6-16)20-11(10)15-4-3-8(13)14-12(15)18/h3-4,7,9-11,16-17H,2,5-6H2,1H3,(H2,13,14,18)/t7-,9-,10-,11-/m1/s1. The molecule has 0 aromatic carbocycles. The molecule has 1 aromatic heterocycles. The molecule has 112 valence electrons. The highest BCUT2D eigenvalue weighted by Crippen LogP contribution is 2.30. The first kappa shape index (κ1) is 14.9. The zero-order valence-electron chi connectivity index (χ0n) is 11.2. The van der Waals surface area contributed by atoms with Crippen molar-refractivity contribution >= 4 is 5.82 Å². The topological polar surface area (TPSA) is 120 Å². The number of nitrogen functional groups attached to an aromatic ring is 1.